The third-order valence-corrected chi connectivity index (χ3v) is 3.79. The first-order valence-electron chi connectivity index (χ1n) is 6.54. The van der Waals surface area contributed by atoms with Crippen LogP contribution in [-0.2, 0) is 0 Å². The largest absolute Gasteiger partial charge is 0.507 e. The van der Waals surface area contributed by atoms with Crippen LogP contribution in [0.15, 0.2) is 18.2 Å². The van der Waals surface area contributed by atoms with Crippen molar-refractivity contribution >= 4 is 17.5 Å². The number of nitrogens with zero attached hydrogens (tertiary/aromatic N) is 1. The van der Waals surface area contributed by atoms with Gasteiger partial charge in [0.25, 0.3) is 5.91 Å². The number of benzene rings is 1. The van der Waals surface area contributed by atoms with Crippen molar-refractivity contribution in [3.63, 3.8) is 0 Å². The molecule has 1 aromatic carbocycles. The molecule has 4 nitrogen and oxygen atoms in total. The standard InChI is InChI=1S/C14H18ClNO3/c15-10-5-6-12(13(18)9-10)14(19)16(7-8-17)11-3-1-2-4-11/h5-6,9,11,17-18H,1-4,7-8H2. The van der Waals surface area contributed by atoms with Crippen molar-refractivity contribution in [2.75, 3.05) is 13.2 Å². The van der Waals surface area contributed by atoms with Crippen LogP contribution >= 0.6 is 11.6 Å². The Hall–Kier alpha value is -1.26. The monoisotopic (exact) mass is 283 g/mol. The number of aliphatic hydroxyl groups is 1. The summed E-state index contributed by atoms with van der Waals surface area (Å²) in [5, 5.41) is 19.3. The van der Waals surface area contributed by atoms with Crippen molar-refractivity contribution in [2.24, 2.45) is 0 Å². The highest BCUT2D eigenvalue weighted by molar-refractivity contribution is 6.30. The quantitative estimate of drug-likeness (QED) is 0.892. The Bertz CT molecular complexity index is 458. The molecule has 0 aliphatic heterocycles. The van der Waals surface area contributed by atoms with Gasteiger partial charge < -0.3 is 15.1 Å². The van der Waals surface area contributed by atoms with Gasteiger partial charge in [-0.2, -0.15) is 0 Å². The van der Waals surface area contributed by atoms with Crippen molar-refractivity contribution in [2.45, 2.75) is 31.7 Å². The van der Waals surface area contributed by atoms with E-state index >= 15 is 0 Å². The normalized spacial score (nSPS) is 15.7. The molecule has 1 aliphatic carbocycles. The van der Waals surface area contributed by atoms with Crippen molar-refractivity contribution in [1.82, 2.24) is 4.90 Å². The average molecular weight is 284 g/mol. The highest BCUT2D eigenvalue weighted by atomic mass is 35.5. The zero-order valence-corrected chi connectivity index (χ0v) is 11.4. The predicted octanol–water partition coefficient (Wildman–Crippen LogP) is 2.42. The fourth-order valence-electron chi connectivity index (χ4n) is 2.61. The average Bonchev–Trinajstić information content (AvgIpc) is 2.89. The van der Waals surface area contributed by atoms with Crippen LogP contribution in [0.1, 0.15) is 36.0 Å². The minimum Gasteiger partial charge on any atom is -0.507 e. The summed E-state index contributed by atoms with van der Waals surface area (Å²) in [4.78, 5) is 14.1. The molecule has 0 spiro atoms. The first-order valence-corrected chi connectivity index (χ1v) is 6.91. The Morgan fingerprint density at radius 2 is 2.05 bits per heavy atom. The van der Waals surface area contributed by atoms with E-state index in [0.29, 0.717) is 11.6 Å². The third kappa shape index (κ3) is 3.19. The van der Waals surface area contributed by atoms with Crippen molar-refractivity contribution in [3.8, 4) is 5.75 Å². The number of hydrogen-bond donors (Lipinski definition) is 2. The molecule has 0 atom stereocenters. The Balaban J connectivity index is 2.22. The van der Waals surface area contributed by atoms with Crippen molar-refractivity contribution in [3.05, 3.63) is 28.8 Å². The van der Waals surface area contributed by atoms with Gasteiger partial charge in [-0.1, -0.05) is 24.4 Å². The van der Waals surface area contributed by atoms with Gasteiger partial charge in [-0.05, 0) is 31.0 Å². The summed E-state index contributed by atoms with van der Waals surface area (Å²) < 4.78 is 0. The molecule has 0 heterocycles. The number of amides is 1. The number of phenols is 1. The van der Waals surface area contributed by atoms with E-state index in [1.807, 2.05) is 0 Å². The summed E-state index contributed by atoms with van der Waals surface area (Å²) in [6, 6.07) is 4.63. The maximum atomic E-state index is 12.5. The van der Waals surface area contributed by atoms with Gasteiger partial charge in [-0.3, -0.25) is 4.79 Å². The molecule has 104 valence electrons. The lowest BCUT2D eigenvalue weighted by atomic mass is 10.1. The summed E-state index contributed by atoms with van der Waals surface area (Å²) in [6.07, 6.45) is 4.12. The lowest BCUT2D eigenvalue weighted by Gasteiger charge is -2.28. The van der Waals surface area contributed by atoms with Crippen LogP contribution in [0.4, 0.5) is 0 Å². The first kappa shape index (κ1) is 14.2. The van der Waals surface area contributed by atoms with Gasteiger partial charge in [0.2, 0.25) is 0 Å². The van der Waals surface area contributed by atoms with Crippen LogP contribution in [0, 0.1) is 0 Å². The van der Waals surface area contributed by atoms with Crippen LogP contribution in [0.5, 0.6) is 5.75 Å². The van der Waals surface area contributed by atoms with Crippen LogP contribution in [0.3, 0.4) is 0 Å². The van der Waals surface area contributed by atoms with Gasteiger partial charge in [0.05, 0.1) is 12.2 Å². The van der Waals surface area contributed by atoms with Crippen LogP contribution in [0.2, 0.25) is 5.02 Å². The molecule has 1 saturated carbocycles. The molecule has 2 rings (SSSR count). The zero-order valence-electron chi connectivity index (χ0n) is 10.7. The van der Waals surface area contributed by atoms with Crippen LogP contribution < -0.4 is 0 Å². The van der Waals surface area contributed by atoms with Gasteiger partial charge in [0.15, 0.2) is 0 Å². The molecule has 0 saturated heterocycles. The molecule has 0 unspecified atom stereocenters. The molecule has 1 fully saturated rings. The fraction of sp³-hybridized carbons (Fsp3) is 0.500. The van der Waals surface area contributed by atoms with E-state index in [9.17, 15) is 9.90 Å². The molecule has 5 heteroatoms. The van der Waals surface area contributed by atoms with Crippen LogP contribution in [-0.4, -0.2) is 40.2 Å². The molecule has 19 heavy (non-hydrogen) atoms. The first-order chi connectivity index (χ1) is 9.13. The Morgan fingerprint density at radius 3 is 2.63 bits per heavy atom. The lowest BCUT2D eigenvalue weighted by Crippen LogP contribution is -2.40. The highest BCUT2D eigenvalue weighted by Gasteiger charge is 2.28. The summed E-state index contributed by atoms with van der Waals surface area (Å²) in [5.41, 5.74) is 0.241. The molecule has 2 N–H and O–H groups in total. The minimum atomic E-state index is -0.241. The molecule has 0 bridgehead atoms. The van der Waals surface area contributed by atoms with Gasteiger partial charge in [-0.25, -0.2) is 0 Å². The van der Waals surface area contributed by atoms with E-state index < -0.39 is 0 Å². The molecule has 0 radical (unpaired) electrons. The molecule has 0 aromatic heterocycles. The van der Waals surface area contributed by atoms with E-state index in [1.165, 1.54) is 12.1 Å². The number of carbonyl (C=O) groups excluding carboxylic acids is 1. The second kappa shape index (κ2) is 6.26. The highest BCUT2D eigenvalue weighted by Crippen LogP contribution is 2.28. The summed E-state index contributed by atoms with van der Waals surface area (Å²) in [5.74, 6) is -0.353. The summed E-state index contributed by atoms with van der Waals surface area (Å²) in [6.45, 7) is 0.224. The molecular weight excluding hydrogens is 266 g/mol. The number of aliphatic hydroxyl groups excluding tert-OH is 1. The topological polar surface area (TPSA) is 60.8 Å². The fourth-order valence-corrected chi connectivity index (χ4v) is 2.78. The van der Waals surface area contributed by atoms with E-state index in [1.54, 1.807) is 11.0 Å². The van der Waals surface area contributed by atoms with E-state index in [-0.39, 0.29) is 29.9 Å². The molecular formula is C14H18ClNO3. The van der Waals surface area contributed by atoms with Crippen LogP contribution in [0.25, 0.3) is 0 Å². The number of aromatic hydroxyl groups is 1. The van der Waals surface area contributed by atoms with Gasteiger partial charge >= 0.3 is 0 Å². The zero-order chi connectivity index (χ0) is 13.8. The maximum Gasteiger partial charge on any atom is 0.257 e. The van der Waals surface area contributed by atoms with Crippen molar-refractivity contribution < 1.29 is 15.0 Å². The maximum absolute atomic E-state index is 12.5. The molecule has 1 aliphatic rings. The summed E-state index contributed by atoms with van der Waals surface area (Å²) in [7, 11) is 0. The van der Waals surface area contributed by atoms with Crippen molar-refractivity contribution in [1.29, 1.82) is 0 Å². The predicted molar refractivity (Wildman–Crippen MR) is 73.5 cm³/mol. The number of halogens is 1. The Labute approximate surface area is 117 Å². The smallest absolute Gasteiger partial charge is 0.257 e. The Kier molecular flexibility index (Phi) is 4.66. The second-order valence-electron chi connectivity index (χ2n) is 4.82. The Morgan fingerprint density at radius 1 is 1.37 bits per heavy atom. The number of hydrogen-bond acceptors (Lipinski definition) is 3. The minimum absolute atomic E-state index is 0.0728. The SMILES string of the molecule is O=C(c1ccc(Cl)cc1O)N(CCO)C1CCCC1. The van der Waals surface area contributed by atoms with E-state index in [2.05, 4.69) is 0 Å². The summed E-state index contributed by atoms with van der Waals surface area (Å²) >= 11 is 5.76. The lowest BCUT2D eigenvalue weighted by molar-refractivity contribution is 0.0635. The van der Waals surface area contributed by atoms with Gasteiger partial charge in [0.1, 0.15) is 5.75 Å². The van der Waals surface area contributed by atoms with E-state index in [0.717, 1.165) is 25.7 Å². The second-order valence-corrected chi connectivity index (χ2v) is 5.26. The third-order valence-electron chi connectivity index (χ3n) is 3.56. The van der Waals surface area contributed by atoms with Gasteiger partial charge in [-0.15, -0.1) is 0 Å². The van der Waals surface area contributed by atoms with E-state index in [4.69, 9.17) is 16.7 Å². The number of rotatable bonds is 4. The molecule has 1 amide bonds. The van der Waals surface area contributed by atoms with Gasteiger partial charge in [0, 0.05) is 17.6 Å². The molecule has 1 aromatic rings. The number of carbonyl (C=O) groups is 1. The number of phenolic OH excluding ortho intramolecular Hbond substituents is 1.